The zero-order valence-corrected chi connectivity index (χ0v) is 10.8. The van der Waals surface area contributed by atoms with Crippen LogP contribution in [-0.2, 0) is 0 Å². The van der Waals surface area contributed by atoms with Gasteiger partial charge in [-0.1, -0.05) is 36.4 Å². The van der Waals surface area contributed by atoms with Crippen molar-refractivity contribution >= 4 is 6.08 Å². The summed E-state index contributed by atoms with van der Waals surface area (Å²) in [6, 6.07) is 7.51. The van der Waals surface area contributed by atoms with Crippen LogP contribution in [0.1, 0.15) is 17.2 Å². The molecule has 0 fully saturated rings. The fraction of sp³-hybridized carbons (Fsp3) is 0.200. The van der Waals surface area contributed by atoms with Crippen LogP contribution in [-0.4, -0.2) is 16.3 Å². The molecule has 1 aromatic carbocycles. The van der Waals surface area contributed by atoms with E-state index in [0.29, 0.717) is 0 Å². The maximum Gasteiger partial charge on any atom is 0.109 e. The number of benzene rings is 1. The molecule has 0 aromatic heterocycles. The average Bonchev–Trinajstić information content (AvgIpc) is 2.12. The maximum atomic E-state index is 9.53. The van der Waals surface area contributed by atoms with Gasteiger partial charge in [0.1, 0.15) is 12.2 Å². The summed E-state index contributed by atoms with van der Waals surface area (Å²) in [6.45, 7) is 0. The molecule has 1 aliphatic rings. The van der Waals surface area contributed by atoms with Gasteiger partial charge in [-0.2, -0.15) is 0 Å². The predicted octanol–water partition coefficient (Wildman–Crippen LogP) is 1.11. The van der Waals surface area contributed by atoms with Crippen molar-refractivity contribution in [1.29, 1.82) is 0 Å². The summed E-state index contributed by atoms with van der Waals surface area (Å²) >= 11 is 0. The molecule has 0 unspecified atom stereocenters. The minimum absolute atomic E-state index is 0. The molecule has 13 heavy (non-hydrogen) atoms. The molecule has 1 radical (unpaired) electrons. The van der Waals surface area contributed by atoms with E-state index in [-0.39, 0.29) is 41.3 Å². The number of hydrogen-bond acceptors (Lipinski definition) is 2. The van der Waals surface area contributed by atoms with Gasteiger partial charge in [0.15, 0.2) is 0 Å². The Morgan fingerprint density at radius 1 is 1.08 bits per heavy atom. The van der Waals surface area contributed by atoms with Crippen LogP contribution >= 0.6 is 0 Å². The van der Waals surface area contributed by atoms with Crippen LogP contribution in [0.15, 0.2) is 30.3 Å². The van der Waals surface area contributed by atoms with Crippen LogP contribution in [0.4, 0.5) is 0 Å². The molecule has 0 saturated carbocycles. The standard InChI is InChI=1S/C10H10O2.Pr/c11-9-6-5-7-3-1-2-4-8(7)10(9)12;/h1-6,9-12H;/t9-,10-;/m0./s1. The van der Waals surface area contributed by atoms with E-state index in [1.54, 1.807) is 6.08 Å². The fourth-order valence-corrected chi connectivity index (χ4v) is 1.42. The van der Waals surface area contributed by atoms with Crippen molar-refractivity contribution in [3.63, 3.8) is 0 Å². The van der Waals surface area contributed by atoms with Crippen molar-refractivity contribution in [3.05, 3.63) is 41.5 Å². The van der Waals surface area contributed by atoms with E-state index in [2.05, 4.69) is 0 Å². The largest absolute Gasteiger partial charge is 0.386 e. The summed E-state index contributed by atoms with van der Waals surface area (Å²) in [5.41, 5.74) is 1.78. The van der Waals surface area contributed by atoms with Crippen molar-refractivity contribution in [1.82, 2.24) is 0 Å². The van der Waals surface area contributed by atoms with Gasteiger partial charge >= 0.3 is 0 Å². The Morgan fingerprint density at radius 2 is 1.77 bits per heavy atom. The molecule has 2 nitrogen and oxygen atoms in total. The number of aliphatic hydroxyl groups excluding tert-OH is 2. The topological polar surface area (TPSA) is 40.5 Å². The average molecular weight is 303 g/mol. The Hall–Kier alpha value is 0.244. The van der Waals surface area contributed by atoms with Gasteiger partial charge in [-0.15, -0.1) is 0 Å². The Labute approximate surface area is 110 Å². The van der Waals surface area contributed by atoms with Gasteiger partial charge in [-0.25, -0.2) is 0 Å². The van der Waals surface area contributed by atoms with Crippen molar-refractivity contribution < 1.29 is 51.5 Å². The quantitative estimate of drug-likeness (QED) is 0.754. The first-order valence-corrected chi connectivity index (χ1v) is 3.92. The summed E-state index contributed by atoms with van der Waals surface area (Å²) in [4.78, 5) is 0. The molecule has 65 valence electrons. The van der Waals surface area contributed by atoms with E-state index in [0.717, 1.165) is 11.1 Å². The summed E-state index contributed by atoms with van der Waals surface area (Å²) in [6.07, 6.45) is 1.89. The van der Waals surface area contributed by atoms with Gasteiger partial charge in [0.05, 0.1) is 0 Å². The minimum Gasteiger partial charge on any atom is -0.386 e. The molecule has 1 aliphatic carbocycles. The van der Waals surface area contributed by atoms with Gasteiger partial charge in [0.2, 0.25) is 0 Å². The third-order valence-electron chi connectivity index (χ3n) is 2.11. The van der Waals surface area contributed by atoms with E-state index in [1.165, 1.54) is 0 Å². The first-order chi connectivity index (χ1) is 5.79. The smallest absolute Gasteiger partial charge is 0.109 e. The Balaban J connectivity index is 0.000000845. The molecule has 0 aliphatic heterocycles. The minimum atomic E-state index is -0.772. The molecule has 2 N–H and O–H groups in total. The second-order valence-corrected chi connectivity index (χ2v) is 2.92. The normalized spacial score (nSPS) is 24.8. The summed E-state index contributed by atoms with van der Waals surface area (Å²) in [5.74, 6) is 0. The molecule has 0 saturated heterocycles. The van der Waals surface area contributed by atoms with Crippen LogP contribution in [0.2, 0.25) is 0 Å². The monoisotopic (exact) mass is 303 g/mol. The van der Waals surface area contributed by atoms with Gasteiger partial charge in [0.25, 0.3) is 0 Å². The summed E-state index contributed by atoms with van der Waals surface area (Å²) in [7, 11) is 0. The summed E-state index contributed by atoms with van der Waals surface area (Å²) in [5, 5.41) is 18.8. The van der Waals surface area contributed by atoms with Crippen molar-refractivity contribution in [2.75, 3.05) is 0 Å². The third kappa shape index (κ3) is 2.19. The molecule has 1 aromatic rings. The number of hydrogen-bond donors (Lipinski definition) is 2. The van der Waals surface area contributed by atoms with Gasteiger partial charge in [-0.05, 0) is 11.1 Å². The maximum absolute atomic E-state index is 9.53. The van der Waals surface area contributed by atoms with Gasteiger partial charge < -0.3 is 10.2 Å². The first kappa shape index (κ1) is 11.3. The van der Waals surface area contributed by atoms with Gasteiger partial charge in [-0.3, -0.25) is 0 Å². The van der Waals surface area contributed by atoms with Crippen LogP contribution < -0.4 is 0 Å². The molecule has 0 bridgehead atoms. The van der Waals surface area contributed by atoms with E-state index in [4.69, 9.17) is 0 Å². The second kappa shape index (κ2) is 4.65. The Kier molecular flexibility index (Phi) is 4.05. The van der Waals surface area contributed by atoms with Crippen LogP contribution in [0.25, 0.3) is 6.08 Å². The SMILES string of the molecule is O[C@H]1C=Cc2ccccc2[C@@H]1O.[Pr]. The van der Waals surface area contributed by atoms with E-state index in [1.807, 2.05) is 30.3 Å². The van der Waals surface area contributed by atoms with Crippen molar-refractivity contribution in [2.24, 2.45) is 0 Å². The van der Waals surface area contributed by atoms with Gasteiger partial charge in [0, 0.05) is 41.3 Å². The van der Waals surface area contributed by atoms with E-state index < -0.39 is 12.2 Å². The zero-order chi connectivity index (χ0) is 8.55. The fourth-order valence-electron chi connectivity index (χ4n) is 1.42. The molecule has 3 heteroatoms. The second-order valence-electron chi connectivity index (χ2n) is 2.92. The Bertz CT molecular complexity index is 322. The third-order valence-corrected chi connectivity index (χ3v) is 2.11. The Morgan fingerprint density at radius 3 is 2.54 bits per heavy atom. The van der Waals surface area contributed by atoms with Crippen molar-refractivity contribution in [3.8, 4) is 0 Å². The van der Waals surface area contributed by atoms with E-state index in [9.17, 15) is 10.2 Å². The zero-order valence-electron chi connectivity index (χ0n) is 7.09. The molecular formula is C10H10O2Pr. The molecule has 0 heterocycles. The molecular weight excluding hydrogens is 293 g/mol. The molecule has 2 rings (SSSR count). The number of fused-ring (bicyclic) bond motifs is 1. The van der Waals surface area contributed by atoms with Crippen molar-refractivity contribution in [2.45, 2.75) is 12.2 Å². The van der Waals surface area contributed by atoms with E-state index >= 15 is 0 Å². The first-order valence-electron chi connectivity index (χ1n) is 3.92. The van der Waals surface area contributed by atoms with Crippen LogP contribution in [0.5, 0.6) is 0 Å². The predicted molar refractivity (Wildman–Crippen MR) is 46.4 cm³/mol. The number of aliphatic hydroxyl groups is 2. The molecule has 0 amide bonds. The number of rotatable bonds is 0. The van der Waals surface area contributed by atoms with Crippen LogP contribution in [0, 0.1) is 41.3 Å². The molecule has 2 atom stereocenters. The summed E-state index contributed by atoms with van der Waals surface area (Å²) < 4.78 is 0. The molecule has 0 spiro atoms. The van der Waals surface area contributed by atoms with Crippen LogP contribution in [0.3, 0.4) is 0 Å².